The Morgan fingerprint density at radius 2 is 1.93 bits per heavy atom. The molecule has 1 aliphatic rings. The molecular formula is C22H20ClN3O2. The number of fused-ring (bicyclic) bond motifs is 1. The molecule has 0 spiro atoms. The Morgan fingerprint density at radius 1 is 1.18 bits per heavy atom. The summed E-state index contributed by atoms with van der Waals surface area (Å²) < 4.78 is 5.22. The van der Waals surface area contributed by atoms with E-state index in [1.807, 2.05) is 55.5 Å². The minimum absolute atomic E-state index is 0.131. The Bertz CT molecular complexity index is 1090. The van der Waals surface area contributed by atoms with Crippen LogP contribution in [0.5, 0.6) is 5.75 Å². The zero-order valence-corrected chi connectivity index (χ0v) is 16.7. The molecule has 0 saturated heterocycles. The van der Waals surface area contributed by atoms with Gasteiger partial charge >= 0.3 is 0 Å². The van der Waals surface area contributed by atoms with Gasteiger partial charge in [0.15, 0.2) is 0 Å². The van der Waals surface area contributed by atoms with Gasteiger partial charge < -0.3 is 4.74 Å². The number of pyridine rings is 1. The van der Waals surface area contributed by atoms with E-state index in [1.165, 1.54) is 11.9 Å². The zero-order chi connectivity index (χ0) is 19.8. The monoisotopic (exact) mass is 393 g/mol. The summed E-state index contributed by atoms with van der Waals surface area (Å²) in [5.74, 6) is 0.646. The molecule has 0 unspecified atom stereocenters. The number of hydrogen-bond acceptors (Lipinski definition) is 4. The molecule has 2 aromatic carbocycles. The Morgan fingerprint density at radius 3 is 2.61 bits per heavy atom. The van der Waals surface area contributed by atoms with E-state index < -0.39 is 0 Å². The smallest absolute Gasteiger partial charge is 0.240 e. The van der Waals surface area contributed by atoms with E-state index in [2.05, 4.69) is 10.1 Å². The second kappa shape index (κ2) is 7.24. The number of hydrazone groups is 1. The van der Waals surface area contributed by atoms with E-state index in [-0.39, 0.29) is 11.9 Å². The van der Waals surface area contributed by atoms with Crippen molar-refractivity contribution < 1.29 is 9.53 Å². The second-order valence-corrected chi connectivity index (χ2v) is 7.28. The normalized spacial score (nSPS) is 16.4. The molecule has 142 valence electrons. The molecule has 0 saturated carbocycles. The van der Waals surface area contributed by atoms with Crippen LogP contribution in [-0.4, -0.2) is 28.7 Å². The lowest BCUT2D eigenvalue weighted by atomic mass is 9.98. The Hall–Kier alpha value is -2.92. The van der Waals surface area contributed by atoms with Crippen LogP contribution in [0.4, 0.5) is 0 Å². The highest BCUT2D eigenvalue weighted by atomic mass is 35.5. The molecule has 6 heteroatoms. The molecule has 0 N–H and O–H groups in total. The van der Waals surface area contributed by atoms with Gasteiger partial charge in [-0.25, -0.2) is 9.99 Å². The van der Waals surface area contributed by atoms with Crippen LogP contribution in [0.15, 0.2) is 53.6 Å². The summed E-state index contributed by atoms with van der Waals surface area (Å²) in [6.07, 6.45) is 0.574. The van der Waals surface area contributed by atoms with E-state index in [0.29, 0.717) is 11.6 Å². The number of methoxy groups -OCH3 is 1. The maximum Gasteiger partial charge on any atom is 0.240 e. The fraction of sp³-hybridized carbons (Fsp3) is 0.227. The third-order valence-electron chi connectivity index (χ3n) is 4.97. The number of benzene rings is 2. The molecule has 1 aromatic heterocycles. The average Bonchev–Trinajstić information content (AvgIpc) is 3.13. The molecule has 2 heterocycles. The van der Waals surface area contributed by atoms with Crippen LogP contribution in [0.3, 0.4) is 0 Å². The van der Waals surface area contributed by atoms with Crippen LogP contribution in [0.1, 0.15) is 36.1 Å². The van der Waals surface area contributed by atoms with Crippen molar-refractivity contribution in [3.8, 4) is 5.75 Å². The van der Waals surface area contributed by atoms with E-state index in [4.69, 9.17) is 16.3 Å². The predicted octanol–water partition coefficient (Wildman–Crippen LogP) is 4.90. The molecule has 1 aliphatic heterocycles. The van der Waals surface area contributed by atoms with Crippen LogP contribution in [0.2, 0.25) is 5.15 Å². The maximum atomic E-state index is 12.3. The quantitative estimate of drug-likeness (QED) is 0.594. The minimum Gasteiger partial charge on any atom is -0.497 e. The van der Waals surface area contributed by atoms with Gasteiger partial charge in [-0.15, -0.1) is 0 Å². The summed E-state index contributed by atoms with van der Waals surface area (Å²) in [6.45, 7) is 3.53. The third kappa shape index (κ3) is 3.34. The Kier molecular flexibility index (Phi) is 4.77. The lowest BCUT2D eigenvalue weighted by Gasteiger charge is -2.21. The number of carbonyl (C=O) groups is 1. The SMILES string of the molecule is COc1ccc(C2=NN(C(C)=O)[C@H](c3cc4ccc(C)cc4nc3Cl)C2)cc1. The summed E-state index contributed by atoms with van der Waals surface area (Å²) in [5.41, 5.74) is 4.57. The number of aryl methyl sites for hydroxylation is 1. The summed E-state index contributed by atoms with van der Waals surface area (Å²) in [7, 11) is 1.63. The molecule has 0 bridgehead atoms. The van der Waals surface area contributed by atoms with Gasteiger partial charge in [-0.1, -0.05) is 23.7 Å². The Balaban J connectivity index is 1.73. The van der Waals surface area contributed by atoms with Gasteiger partial charge in [0, 0.05) is 24.3 Å². The third-order valence-corrected chi connectivity index (χ3v) is 5.27. The molecule has 5 nitrogen and oxygen atoms in total. The molecule has 28 heavy (non-hydrogen) atoms. The molecule has 0 fully saturated rings. The number of aromatic nitrogens is 1. The van der Waals surface area contributed by atoms with Gasteiger partial charge in [-0.2, -0.15) is 5.10 Å². The molecule has 3 aromatic rings. The van der Waals surface area contributed by atoms with E-state index in [9.17, 15) is 4.79 Å². The molecule has 0 aliphatic carbocycles. The highest BCUT2D eigenvalue weighted by Crippen LogP contribution is 2.37. The summed E-state index contributed by atoms with van der Waals surface area (Å²) in [4.78, 5) is 16.8. The molecular weight excluding hydrogens is 374 g/mol. The topological polar surface area (TPSA) is 54.8 Å². The molecule has 1 atom stereocenters. The van der Waals surface area contributed by atoms with Gasteiger partial charge in [-0.05, 0) is 54.4 Å². The number of rotatable bonds is 3. The fourth-order valence-electron chi connectivity index (χ4n) is 3.50. The van der Waals surface area contributed by atoms with Crippen LogP contribution in [0.25, 0.3) is 10.9 Å². The number of halogens is 1. The van der Waals surface area contributed by atoms with Crippen molar-refractivity contribution in [2.75, 3.05) is 7.11 Å². The first-order valence-corrected chi connectivity index (χ1v) is 9.42. The number of ether oxygens (including phenoxy) is 1. The first-order chi connectivity index (χ1) is 13.5. The van der Waals surface area contributed by atoms with Crippen molar-refractivity contribution in [3.05, 3.63) is 70.4 Å². The lowest BCUT2D eigenvalue weighted by molar-refractivity contribution is -0.130. The van der Waals surface area contributed by atoms with Crippen molar-refractivity contribution >= 4 is 34.1 Å². The largest absolute Gasteiger partial charge is 0.497 e. The van der Waals surface area contributed by atoms with Gasteiger partial charge in [0.2, 0.25) is 5.91 Å². The highest BCUT2D eigenvalue weighted by molar-refractivity contribution is 6.30. The van der Waals surface area contributed by atoms with E-state index in [0.717, 1.165) is 39.1 Å². The van der Waals surface area contributed by atoms with Crippen molar-refractivity contribution in [3.63, 3.8) is 0 Å². The van der Waals surface area contributed by atoms with Crippen molar-refractivity contribution in [2.45, 2.75) is 26.3 Å². The van der Waals surface area contributed by atoms with Gasteiger partial charge in [0.05, 0.1) is 24.4 Å². The van der Waals surface area contributed by atoms with Gasteiger partial charge in [-0.3, -0.25) is 4.79 Å². The summed E-state index contributed by atoms with van der Waals surface area (Å²) >= 11 is 6.52. The Labute approximate surface area is 168 Å². The van der Waals surface area contributed by atoms with Crippen molar-refractivity contribution in [1.29, 1.82) is 0 Å². The maximum absolute atomic E-state index is 12.3. The van der Waals surface area contributed by atoms with E-state index >= 15 is 0 Å². The van der Waals surface area contributed by atoms with Gasteiger partial charge in [0.25, 0.3) is 0 Å². The fourth-order valence-corrected chi connectivity index (χ4v) is 3.78. The number of hydrogen-bond donors (Lipinski definition) is 0. The van der Waals surface area contributed by atoms with Crippen LogP contribution >= 0.6 is 11.6 Å². The molecule has 1 amide bonds. The first kappa shape index (κ1) is 18.4. The van der Waals surface area contributed by atoms with Crippen LogP contribution in [-0.2, 0) is 4.79 Å². The van der Waals surface area contributed by atoms with E-state index in [1.54, 1.807) is 7.11 Å². The number of nitrogens with zero attached hydrogens (tertiary/aromatic N) is 3. The van der Waals surface area contributed by atoms with Crippen LogP contribution in [0, 0.1) is 6.92 Å². The van der Waals surface area contributed by atoms with Gasteiger partial charge in [0.1, 0.15) is 10.9 Å². The second-order valence-electron chi connectivity index (χ2n) is 6.92. The minimum atomic E-state index is -0.277. The molecule has 0 radical (unpaired) electrons. The zero-order valence-electron chi connectivity index (χ0n) is 15.9. The standard InChI is InChI=1S/C22H20ClN3O2/c1-13-4-5-16-11-18(22(23)24-19(16)10-13)21-12-20(25-26(21)14(2)27)15-6-8-17(28-3)9-7-15/h4-11,21H,12H2,1-3H3/t21-/m0/s1. The summed E-state index contributed by atoms with van der Waals surface area (Å²) in [5, 5.41) is 7.48. The first-order valence-electron chi connectivity index (χ1n) is 9.05. The summed E-state index contributed by atoms with van der Waals surface area (Å²) in [6, 6.07) is 15.5. The number of amides is 1. The average molecular weight is 394 g/mol. The van der Waals surface area contributed by atoms with Crippen molar-refractivity contribution in [1.82, 2.24) is 9.99 Å². The number of carbonyl (C=O) groups excluding carboxylic acids is 1. The van der Waals surface area contributed by atoms with Crippen LogP contribution < -0.4 is 4.74 Å². The van der Waals surface area contributed by atoms with Crippen molar-refractivity contribution in [2.24, 2.45) is 5.10 Å². The predicted molar refractivity (Wildman–Crippen MR) is 111 cm³/mol. The molecule has 4 rings (SSSR count). The lowest BCUT2D eigenvalue weighted by Crippen LogP contribution is -2.24. The highest BCUT2D eigenvalue weighted by Gasteiger charge is 2.33.